The third kappa shape index (κ3) is 11.0. The second-order valence-corrected chi connectivity index (χ2v) is 7.90. The van der Waals surface area contributed by atoms with Crippen molar-refractivity contribution in [3.05, 3.63) is 97.1 Å². The van der Waals surface area contributed by atoms with Crippen LogP contribution >= 0.6 is 0 Å². The maximum absolute atomic E-state index is 9.11. The highest BCUT2D eigenvalue weighted by Crippen LogP contribution is 2.25. The average Bonchev–Trinajstić information content (AvgIpc) is 3.83. The summed E-state index contributed by atoms with van der Waals surface area (Å²) in [7, 11) is 0. The average molecular weight is 515 g/mol. The lowest BCUT2D eigenvalue weighted by molar-refractivity contribution is 0.201. The Balaban J connectivity index is 0.000000244. The molecule has 4 aromatic carbocycles. The molecule has 0 aromatic heterocycles. The summed E-state index contributed by atoms with van der Waals surface area (Å²) >= 11 is 0. The molecule has 3 radical (unpaired) electrons. The molecule has 5 rings (SSSR count). The Morgan fingerprint density at radius 3 is 1.00 bits per heavy atom. The first kappa shape index (κ1) is 30.3. The van der Waals surface area contributed by atoms with Crippen molar-refractivity contribution >= 4 is 8.41 Å². The largest absolute Gasteiger partial charge is 0.508 e. The van der Waals surface area contributed by atoms with Crippen molar-refractivity contribution < 1.29 is 34.6 Å². The predicted molar refractivity (Wildman–Crippen MR) is 149 cm³/mol. The minimum atomic E-state index is 0. The van der Waals surface area contributed by atoms with Crippen LogP contribution in [0.3, 0.4) is 0 Å². The van der Waals surface area contributed by atoms with E-state index < -0.39 is 0 Å². The van der Waals surface area contributed by atoms with Gasteiger partial charge < -0.3 is 34.6 Å². The van der Waals surface area contributed by atoms with E-state index >= 15 is 0 Å². The SMILES string of the molecule is C1CO1.OCCOc1ccc(-c2ccc(OCCO)cc2)cc1.Oc1ccc(-c2ccc(O)cc2)cc1.[B]. The Morgan fingerprint density at radius 1 is 0.500 bits per heavy atom. The number of hydrogen-bond donors (Lipinski definition) is 4. The van der Waals surface area contributed by atoms with Gasteiger partial charge in [-0.1, -0.05) is 48.5 Å². The van der Waals surface area contributed by atoms with Crippen LogP contribution in [0, 0.1) is 0 Å². The predicted octanol–water partition coefficient (Wildman–Crippen LogP) is 4.50. The summed E-state index contributed by atoms with van der Waals surface area (Å²) in [5, 5.41) is 35.6. The van der Waals surface area contributed by atoms with Crippen LogP contribution in [0.5, 0.6) is 23.0 Å². The van der Waals surface area contributed by atoms with Gasteiger partial charge in [-0.05, 0) is 70.8 Å². The van der Waals surface area contributed by atoms with E-state index in [2.05, 4.69) is 4.74 Å². The van der Waals surface area contributed by atoms with Gasteiger partial charge in [0.25, 0.3) is 0 Å². The van der Waals surface area contributed by atoms with Crippen molar-refractivity contribution in [3.63, 3.8) is 0 Å². The molecular formula is C30H32BO7. The molecule has 1 saturated heterocycles. The molecule has 1 heterocycles. The molecule has 1 aliphatic heterocycles. The number of phenols is 2. The Bertz CT molecular complexity index is 1070. The number of epoxide rings is 1. The number of benzene rings is 4. The van der Waals surface area contributed by atoms with Crippen molar-refractivity contribution in [2.24, 2.45) is 0 Å². The van der Waals surface area contributed by atoms with Crippen LogP contribution in [-0.4, -0.2) is 68.5 Å². The lowest BCUT2D eigenvalue weighted by atomic mass is 10.1. The standard InChI is InChI=1S/C16H18O4.C12H10O2.C2H4O.B/c17-9-11-19-15-5-1-13(2-6-15)14-3-7-16(8-4-14)20-12-10-18;13-11-5-1-9(2-6-11)10-3-7-12(14)8-4-10;1-2-3-1;/h1-8,17-18H,9-12H2;1-8,13-14H;1-2H2;. The number of rotatable bonds is 8. The smallest absolute Gasteiger partial charge is 0.119 e. The zero-order chi connectivity index (χ0) is 26.3. The van der Waals surface area contributed by atoms with Crippen molar-refractivity contribution in [3.8, 4) is 45.3 Å². The molecule has 7 nitrogen and oxygen atoms in total. The van der Waals surface area contributed by atoms with Gasteiger partial charge in [-0.15, -0.1) is 0 Å². The number of phenolic OH excluding ortho intramolecular Hbond substituents is 2. The minimum absolute atomic E-state index is 0. The fourth-order valence-corrected chi connectivity index (χ4v) is 3.12. The first-order valence-corrected chi connectivity index (χ1v) is 11.9. The molecule has 0 unspecified atom stereocenters. The number of hydrogen-bond acceptors (Lipinski definition) is 7. The highest BCUT2D eigenvalue weighted by molar-refractivity contribution is 5.75. The first-order chi connectivity index (χ1) is 18.1. The van der Waals surface area contributed by atoms with Gasteiger partial charge in [0.05, 0.1) is 26.4 Å². The Labute approximate surface area is 225 Å². The van der Waals surface area contributed by atoms with Gasteiger partial charge in [0.15, 0.2) is 0 Å². The van der Waals surface area contributed by atoms with Crippen molar-refractivity contribution in [1.29, 1.82) is 0 Å². The minimum Gasteiger partial charge on any atom is -0.508 e. The van der Waals surface area contributed by atoms with Crippen LogP contribution in [0.1, 0.15) is 0 Å². The maximum Gasteiger partial charge on any atom is 0.119 e. The van der Waals surface area contributed by atoms with Crippen molar-refractivity contribution in [2.45, 2.75) is 0 Å². The number of aliphatic hydroxyl groups excluding tert-OH is 2. The number of ether oxygens (including phenoxy) is 3. The quantitative estimate of drug-likeness (QED) is 0.202. The summed E-state index contributed by atoms with van der Waals surface area (Å²) in [5.41, 5.74) is 4.19. The summed E-state index contributed by atoms with van der Waals surface area (Å²) in [4.78, 5) is 0. The van der Waals surface area contributed by atoms with Crippen LogP contribution in [0.4, 0.5) is 0 Å². The van der Waals surface area contributed by atoms with Gasteiger partial charge in [-0.3, -0.25) is 0 Å². The van der Waals surface area contributed by atoms with Gasteiger partial charge in [0.1, 0.15) is 36.2 Å². The normalized spacial score (nSPS) is 11.0. The van der Waals surface area contributed by atoms with E-state index in [0.29, 0.717) is 13.2 Å². The van der Waals surface area contributed by atoms with Crippen LogP contribution in [0.25, 0.3) is 22.3 Å². The summed E-state index contributed by atoms with van der Waals surface area (Å²) in [5.74, 6) is 2.00. The van der Waals surface area contributed by atoms with E-state index in [4.69, 9.17) is 29.9 Å². The van der Waals surface area contributed by atoms with Crippen LogP contribution in [0.15, 0.2) is 97.1 Å². The maximum atomic E-state index is 9.11. The zero-order valence-electron chi connectivity index (χ0n) is 21.1. The Hall–Kier alpha value is -3.98. The topological polar surface area (TPSA) is 112 Å². The first-order valence-electron chi connectivity index (χ1n) is 11.9. The second kappa shape index (κ2) is 16.7. The molecule has 0 bridgehead atoms. The summed E-state index contributed by atoms with van der Waals surface area (Å²) < 4.78 is 15.1. The number of aliphatic hydroxyl groups is 2. The lowest BCUT2D eigenvalue weighted by Crippen LogP contribution is -2.01. The fourth-order valence-electron chi connectivity index (χ4n) is 3.12. The van der Waals surface area contributed by atoms with Crippen molar-refractivity contribution in [2.75, 3.05) is 39.6 Å². The second-order valence-electron chi connectivity index (χ2n) is 7.90. The molecule has 0 spiro atoms. The molecule has 38 heavy (non-hydrogen) atoms. The van der Waals surface area contributed by atoms with Gasteiger partial charge in [0.2, 0.25) is 0 Å². The third-order valence-corrected chi connectivity index (χ3v) is 5.03. The van der Waals surface area contributed by atoms with E-state index in [1.165, 1.54) is 0 Å². The van der Waals surface area contributed by atoms with E-state index in [1.807, 2.05) is 72.8 Å². The molecule has 0 atom stereocenters. The highest BCUT2D eigenvalue weighted by Gasteiger charge is 2.00. The van der Waals surface area contributed by atoms with Gasteiger partial charge in [-0.2, -0.15) is 0 Å². The van der Waals surface area contributed by atoms with Crippen LogP contribution < -0.4 is 9.47 Å². The summed E-state index contributed by atoms with van der Waals surface area (Å²) in [6, 6.07) is 29.3. The van der Waals surface area contributed by atoms with E-state index in [0.717, 1.165) is 47.0 Å². The molecule has 0 saturated carbocycles. The molecule has 8 heteroatoms. The third-order valence-electron chi connectivity index (χ3n) is 5.03. The molecule has 0 aliphatic carbocycles. The molecule has 197 valence electrons. The number of aromatic hydroxyl groups is 2. The molecule has 4 aromatic rings. The van der Waals surface area contributed by atoms with Crippen molar-refractivity contribution in [1.82, 2.24) is 0 Å². The van der Waals surface area contributed by atoms with Crippen LogP contribution in [0.2, 0.25) is 0 Å². The van der Waals surface area contributed by atoms with Gasteiger partial charge in [0, 0.05) is 8.41 Å². The zero-order valence-corrected chi connectivity index (χ0v) is 21.1. The fraction of sp³-hybridized carbons (Fsp3) is 0.200. The summed E-state index contributed by atoms with van der Waals surface area (Å²) in [6.45, 7) is 2.63. The lowest BCUT2D eigenvalue weighted by Gasteiger charge is -2.07. The monoisotopic (exact) mass is 515 g/mol. The molecular weight excluding hydrogens is 483 g/mol. The van der Waals surface area contributed by atoms with E-state index in [9.17, 15) is 0 Å². The van der Waals surface area contributed by atoms with E-state index in [1.54, 1.807) is 24.3 Å². The molecule has 4 N–H and O–H groups in total. The van der Waals surface area contributed by atoms with Gasteiger partial charge >= 0.3 is 0 Å². The molecule has 1 aliphatic rings. The van der Waals surface area contributed by atoms with Gasteiger partial charge in [-0.25, -0.2) is 0 Å². The highest BCUT2D eigenvalue weighted by atomic mass is 16.6. The Morgan fingerprint density at radius 2 is 0.763 bits per heavy atom. The van der Waals surface area contributed by atoms with E-state index in [-0.39, 0.29) is 33.1 Å². The molecule has 1 fully saturated rings. The summed E-state index contributed by atoms with van der Waals surface area (Å²) in [6.07, 6.45) is 0. The van der Waals surface area contributed by atoms with Crippen LogP contribution in [-0.2, 0) is 4.74 Å². The molecule has 0 amide bonds. The Kier molecular flexibility index (Phi) is 13.3.